The Morgan fingerprint density at radius 3 is 2.17 bits per heavy atom. The van der Waals surface area contributed by atoms with Gasteiger partial charge >= 0.3 is 18.5 Å². The lowest BCUT2D eigenvalue weighted by Crippen LogP contribution is -2.37. The topological polar surface area (TPSA) is 119 Å². The molecule has 2 saturated carbocycles. The molecule has 54 heavy (non-hydrogen) atoms. The summed E-state index contributed by atoms with van der Waals surface area (Å²) in [5.41, 5.74) is -1.03. The average Bonchev–Trinajstić information content (AvgIpc) is 3.76. The number of pyridine rings is 1. The van der Waals surface area contributed by atoms with Gasteiger partial charge in [0, 0.05) is 42.8 Å². The molecule has 2 N–H and O–H groups in total. The number of likely N-dealkylation sites (tertiary alicyclic amines) is 1. The van der Waals surface area contributed by atoms with E-state index in [1.807, 2.05) is 39.2 Å². The van der Waals surface area contributed by atoms with Crippen molar-refractivity contribution < 1.29 is 45.8 Å². The van der Waals surface area contributed by atoms with Crippen LogP contribution >= 0.6 is 0 Å². The Kier molecular flexibility index (Phi) is 9.07. The Hall–Kier alpha value is -4.63. The minimum Gasteiger partial charge on any atom is -0.444 e. The van der Waals surface area contributed by atoms with Crippen molar-refractivity contribution in [3.05, 3.63) is 40.7 Å². The van der Waals surface area contributed by atoms with E-state index in [-0.39, 0.29) is 40.9 Å². The molecule has 0 spiro atoms. The third-order valence-corrected chi connectivity index (χ3v) is 9.85. The molecule has 2 atom stereocenters. The molecule has 2 amide bonds. The maximum atomic E-state index is 17.6. The number of ether oxygens (including phenoxy) is 3. The van der Waals surface area contributed by atoms with Crippen LogP contribution in [0, 0.1) is 23.5 Å². The predicted octanol–water partition coefficient (Wildman–Crippen LogP) is 8.62. The summed E-state index contributed by atoms with van der Waals surface area (Å²) in [7, 11) is 0. The minimum absolute atomic E-state index is 0.0516. The number of nitrogens with zero attached hydrogens (tertiary/aromatic N) is 4. The van der Waals surface area contributed by atoms with Crippen molar-refractivity contribution >= 4 is 34.6 Å². The maximum Gasteiger partial charge on any atom is 0.573 e. The van der Waals surface area contributed by atoms with Crippen LogP contribution in [0.3, 0.4) is 0 Å². The van der Waals surface area contributed by atoms with Crippen molar-refractivity contribution in [2.45, 2.75) is 104 Å². The van der Waals surface area contributed by atoms with Crippen molar-refractivity contribution in [2.24, 2.45) is 16.8 Å². The summed E-state index contributed by atoms with van der Waals surface area (Å²) in [6.07, 6.45) is -5.27. The zero-order chi connectivity index (χ0) is 39.2. The molecular formula is C38H45F5N6O5. The lowest BCUT2D eigenvalue weighted by atomic mass is 9.95. The highest BCUT2D eigenvalue weighted by Crippen LogP contribution is 2.62. The van der Waals surface area contributed by atoms with Gasteiger partial charge in [-0.25, -0.2) is 23.4 Å². The first kappa shape index (κ1) is 37.7. The summed E-state index contributed by atoms with van der Waals surface area (Å²) in [6, 6.07) is 1.51. The number of halogens is 5. The first-order valence-electron chi connectivity index (χ1n) is 18.2. The van der Waals surface area contributed by atoms with Gasteiger partial charge in [0.15, 0.2) is 17.4 Å². The number of amidine groups is 1. The summed E-state index contributed by atoms with van der Waals surface area (Å²) >= 11 is 0. The Labute approximate surface area is 309 Å². The minimum atomic E-state index is -5.34. The quantitative estimate of drug-likeness (QED) is 0.232. The highest BCUT2D eigenvalue weighted by Gasteiger charge is 2.60. The van der Waals surface area contributed by atoms with Gasteiger partial charge < -0.3 is 29.0 Å². The van der Waals surface area contributed by atoms with Gasteiger partial charge in [0.1, 0.15) is 22.7 Å². The fourth-order valence-corrected chi connectivity index (χ4v) is 7.75. The van der Waals surface area contributed by atoms with E-state index in [9.17, 15) is 22.8 Å². The number of nitrogens with one attached hydrogen (secondary N) is 2. The number of alkyl halides is 3. The molecule has 16 heteroatoms. The van der Waals surface area contributed by atoms with Crippen LogP contribution < -0.4 is 15.4 Å². The van der Waals surface area contributed by atoms with Crippen LogP contribution in [0.1, 0.15) is 103 Å². The number of hydrogen-bond donors (Lipinski definition) is 2. The normalized spacial score (nSPS) is 21.3. The van der Waals surface area contributed by atoms with Crippen molar-refractivity contribution in [3.8, 4) is 17.0 Å². The maximum absolute atomic E-state index is 17.6. The van der Waals surface area contributed by atoms with Gasteiger partial charge in [0.25, 0.3) is 0 Å². The van der Waals surface area contributed by atoms with Gasteiger partial charge in [-0.15, -0.1) is 13.2 Å². The number of piperidine rings is 1. The molecule has 11 nitrogen and oxygen atoms in total. The fourth-order valence-electron chi connectivity index (χ4n) is 7.75. The number of carbonyl (C=O) groups is 2. The molecule has 4 heterocycles. The average molecular weight is 761 g/mol. The Bertz CT molecular complexity index is 2050. The van der Waals surface area contributed by atoms with E-state index in [0.717, 1.165) is 24.5 Å². The standard InChI is InChI=1S/C38H45F5N6O5/c1-17(2)28-26-25(24-21-15-48(16-22(21)24)35(51)54-37(6,7)8)31(33-44-11-12-45-33)49(19-9-10-19)30(26)27(40)29(47-28)20-13-18(46-34(50)53-36(3,4)5)14-23(39)32(20)52-38(41,42)43/h13-14,17,19,21-22,24H,9-12,15-16H2,1-8H3,(H,44,45)(H,46,50). The number of anilines is 1. The second-order valence-corrected chi connectivity index (χ2v) is 16.8. The number of hydrogen-bond acceptors (Lipinski definition) is 8. The summed E-state index contributed by atoms with van der Waals surface area (Å²) in [5, 5.41) is 6.23. The fraction of sp³-hybridized carbons (Fsp3) is 0.579. The van der Waals surface area contributed by atoms with Gasteiger partial charge in [-0.1, -0.05) is 13.8 Å². The molecule has 0 bridgehead atoms. The third-order valence-electron chi connectivity index (χ3n) is 9.85. The van der Waals surface area contributed by atoms with E-state index in [1.165, 1.54) is 0 Å². The highest BCUT2D eigenvalue weighted by atomic mass is 19.4. The van der Waals surface area contributed by atoms with Crippen molar-refractivity contribution in [3.63, 3.8) is 0 Å². The predicted molar refractivity (Wildman–Crippen MR) is 191 cm³/mol. The van der Waals surface area contributed by atoms with Gasteiger partial charge in [-0.05, 0) is 89.7 Å². The molecule has 3 fully saturated rings. The number of aliphatic imine (C=N–C) groups is 1. The van der Waals surface area contributed by atoms with Gasteiger partial charge in [0.05, 0.1) is 29.0 Å². The number of aromatic nitrogens is 2. The van der Waals surface area contributed by atoms with Crippen molar-refractivity contribution in [1.82, 2.24) is 19.8 Å². The van der Waals surface area contributed by atoms with E-state index in [1.54, 1.807) is 25.7 Å². The van der Waals surface area contributed by atoms with Crippen LogP contribution in [0.5, 0.6) is 5.75 Å². The lowest BCUT2D eigenvalue weighted by molar-refractivity contribution is -0.275. The highest BCUT2D eigenvalue weighted by molar-refractivity contribution is 6.07. The van der Waals surface area contributed by atoms with E-state index in [4.69, 9.17) is 19.5 Å². The summed E-state index contributed by atoms with van der Waals surface area (Å²) < 4.78 is 91.7. The van der Waals surface area contributed by atoms with E-state index < -0.39 is 58.4 Å². The molecular weight excluding hydrogens is 715 g/mol. The van der Waals surface area contributed by atoms with Gasteiger partial charge in [0.2, 0.25) is 0 Å². The summed E-state index contributed by atoms with van der Waals surface area (Å²) in [6.45, 7) is 15.9. The monoisotopic (exact) mass is 760 g/mol. The molecule has 2 aliphatic heterocycles. The lowest BCUT2D eigenvalue weighted by Gasteiger charge is -2.26. The van der Waals surface area contributed by atoms with Crippen molar-refractivity contribution in [1.29, 1.82) is 0 Å². The van der Waals surface area contributed by atoms with Gasteiger partial charge in [-0.3, -0.25) is 10.3 Å². The van der Waals surface area contributed by atoms with Crippen LogP contribution in [0.2, 0.25) is 0 Å². The Balaban J connectivity index is 1.43. The molecule has 292 valence electrons. The molecule has 1 aromatic carbocycles. The van der Waals surface area contributed by atoms with E-state index in [2.05, 4.69) is 15.4 Å². The second-order valence-electron chi connectivity index (χ2n) is 16.8. The van der Waals surface area contributed by atoms with Crippen LogP contribution in [-0.4, -0.2) is 76.2 Å². The SMILES string of the molecule is CC(C)c1nc(-c2cc(NC(=O)OC(C)(C)C)cc(F)c2OC(F)(F)F)c(F)c2c1c(C1C3CN(C(=O)OC(C)(C)C)CC31)c(C1=NCCN1)n2C1CC1. The Morgan fingerprint density at radius 1 is 0.981 bits per heavy atom. The smallest absolute Gasteiger partial charge is 0.444 e. The first-order chi connectivity index (χ1) is 25.1. The number of fused-ring (bicyclic) bond motifs is 2. The van der Waals surface area contributed by atoms with E-state index >= 15 is 8.78 Å². The van der Waals surface area contributed by atoms with Crippen LogP contribution in [-0.2, 0) is 9.47 Å². The molecule has 3 aromatic rings. The molecule has 0 radical (unpaired) electrons. The first-order valence-corrected chi connectivity index (χ1v) is 18.2. The number of carbonyl (C=O) groups excluding carboxylic acids is 2. The molecule has 1 saturated heterocycles. The van der Waals surface area contributed by atoms with Crippen LogP contribution in [0.15, 0.2) is 17.1 Å². The zero-order valence-electron chi connectivity index (χ0n) is 31.5. The van der Waals surface area contributed by atoms with Crippen molar-refractivity contribution in [2.75, 3.05) is 31.5 Å². The molecule has 7 rings (SSSR count). The van der Waals surface area contributed by atoms with E-state index in [0.29, 0.717) is 54.9 Å². The Morgan fingerprint density at radius 2 is 1.63 bits per heavy atom. The molecule has 2 aliphatic carbocycles. The summed E-state index contributed by atoms with van der Waals surface area (Å²) in [5.74, 6) is -3.51. The van der Waals surface area contributed by atoms with Crippen LogP contribution in [0.4, 0.5) is 37.2 Å². The largest absolute Gasteiger partial charge is 0.573 e. The second kappa shape index (κ2) is 13.0. The van der Waals surface area contributed by atoms with Crippen LogP contribution in [0.25, 0.3) is 22.2 Å². The molecule has 4 aliphatic rings. The van der Waals surface area contributed by atoms with Gasteiger partial charge in [-0.2, -0.15) is 0 Å². The zero-order valence-corrected chi connectivity index (χ0v) is 31.5. The number of amides is 2. The number of rotatable bonds is 7. The summed E-state index contributed by atoms with van der Waals surface area (Å²) in [4.78, 5) is 36.8. The molecule has 2 unspecified atom stereocenters. The number of benzene rings is 1. The third kappa shape index (κ3) is 7.27. The molecule has 2 aromatic heterocycles.